The summed E-state index contributed by atoms with van der Waals surface area (Å²) >= 11 is 0. The second kappa shape index (κ2) is 4.16. The van der Waals surface area contributed by atoms with Gasteiger partial charge in [-0.2, -0.15) is 0 Å². The minimum absolute atomic E-state index is 0.160. The smallest absolute Gasteiger partial charge is 0.303 e. The van der Waals surface area contributed by atoms with Gasteiger partial charge in [0.25, 0.3) is 0 Å². The van der Waals surface area contributed by atoms with Crippen molar-refractivity contribution in [2.24, 2.45) is 0 Å². The zero-order valence-electron chi connectivity index (χ0n) is 9.71. The van der Waals surface area contributed by atoms with Crippen molar-refractivity contribution in [2.75, 3.05) is 11.9 Å². The fourth-order valence-corrected chi connectivity index (χ4v) is 2.29. The Morgan fingerprint density at radius 1 is 1.44 bits per heavy atom. The predicted octanol–water partition coefficient (Wildman–Crippen LogP) is 2.68. The van der Waals surface area contributed by atoms with E-state index in [4.69, 9.17) is 5.11 Å². The van der Waals surface area contributed by atoms with Crippen molar-refractivity contribution in [1.82, 2.24) is 0 Å². The van der Waals surface area contributed by atoms with Crippen LogP contribution in [-0.4, -0.2) is 17.6 Å². The highest BCUT2D eigenvalue weighted by Gasteiger charge is 2.22. The van der Waals surface area contributed by atoms with E-state index in [2.05, 4.69) is 31.3 Å². The van der Waals surface area contributed by atoms with Crippen LogP contribution in [0.4, 0.5) is 5.69 Å². The van der Waals surface area contributed by atoms with E-state index >= 15 is 0 Å². The third-order valence-electron chi connectivity index (χ3n) is 3.33. The molecule has 3 heteroatoms. The Labute approximate surface area is 95.5 Å². The third kappa shape index (κ3) is 2.03. The summed E-state index contributed by atoms with van der Waals surface area (Å²) in [6, 6.07) is 4.25. The topological polar surface area (TPSA) is 49.3 Å². The van der Waals surface area contributed by atoms with Crippen LogP contribution >= 0.6 is 0 Å². The van der Waals surface area contributed by atoms with Crippen molar-refractivity contribution in [1.29, 1.82) is 0 Å². The Hall–Kier alpha value is -1.51. The Bertz CT molecular complexity index is 426. The number of hydrogen-bond donors (Lipinski definition) is 2. The SMILES string of the molecule is Cc1cc2c(cc1C)C(CC(=O)O)CCN2. The molecule has 16 heavy (non-hydrogen) atoms. The van der Waals surface area contributed by atoms with Crippen molar-refractivity contribution in [3.05, 3.63) is 28.8 Å². The largest absolute Gasteiger partial charge is 0.481 e. The van der Waals surface area contributed by atoms with E-state index < -0.39 is 5.97 Å². The lowest BCUT2D eigenvalue weighted by Crippen LogP contribution is -2.19. The van der Waals surface area contributed by atoms with Gasteiger partial charge in [-0.3, -0.25) is 4.79 Å². The van der Waals surface area contributed by atoms with Crippen LogP contribution in [0.25, 0.3) is 0 Å². The van der Waals surface area contributed by atoms with Crippen LogP contribution in [-0.2, 0) is 4.79 Å². The molecule has 0 aliphatic carbocycles. The predicted molar refractivity (Wildman–Crippen MR) is 64.0 cm³/mol. The summed E-state index contributed by atoms with van der Waals surface area (Å²) in [5, 5.41) is 12.2. The van der Waals surface area contributed by atoms with E-state index in [0.717, 1.165) is 24.2 Å². The molecule has 1 aromatic rings. The van der Waals surface area contributed by atoms with Gasteiger partial charge in [0.1, 0.15) is 0 Å². The molecule has 1 aliphatic rings. The Morgan fingerprint density at radius 3 is 2.81 bits per heavy atom. The van der Waals surface area contributed by atoms with Crippen molar-refractivity contribution >= 4 is 11.7 Å². The molecule has 3 nitrogen and oxygen atoms in total. The zero-order chi connectivity index (χ0) is 11.7. The lowest BCUT2D eigenvalue weighted by atomic mass is 9.86. The number of aryl methyl sites for hydroxylation is 2. The van der Waals surface area contributed by atoms with E-state index in [-0.39, 0.29) is 12.3 Å². The summed E-state index contributed by atoms with van der Waals surface area (Å²) in [7, 11) is 0. The molecule has 0 saturated heterocycles. The molecule has 0 aromatic heterocycles. The fourth-order valence-electron chi connectivity index (χ4n) is 2.29. The standard InChI is InChI=1S/C13H17NO2/c1-8-5-11-10(7-13(15)16)3-4-14-12(11)6-9(8)2/h5-6,10,14H,3-4,7H2,1-2H3,(H,15,16). The summed E-state index contributed by atoms with van der Waals surface area (Å²) in [5.74, 6) is -0.552. The van der Waals surface area contributed by atoms with Crippen molar-refractivity contribution in [3.8, 4) is 0 Å². The third-order valence-corrected chi connectivity index (χ3v) is 3.33. The molecule has 0 bridgehead atoms. The second-order valence-electron chi connectivity index (χ2n) is 4.53. The van der Waals surface area contributed by atoms with E-state index in [1.807, 2.05) is 0 Å². The highest BCUT2D eigenvalue weighted by atomic mass is 16.4. The molecular weight excluding hydrogens is 202 g/mol. The number of hydrogen-bond acceptors (Lipinski definition) is 2. The number of anilines is 1. The maximum atomic E-state index is 10.8. The van der Waals surface area contributed by atoms with E-state index in [1.54, 1.807) is 0 Å². The number of fused-ring (bicyclic) bond motifs is 1. The summed E-state index contributed by atoms with van der Waals surface area (Å²) in [4.78, 5) is 10.8. The van der Waals surface area contributed by atoms with E-state index in [0.29, 0.717) is 0 Å². The molecule has 1 atom stereocenters. The van der Waals surface area contributed by atoms with Crippen molar-refractivity contribution in [3.63, 3.8) is 0 Å². The van der Waals surface area contributed by atoms with Gasteiger partial charge >= 0.3 is 5.97 Å². The highest BCUT2D eigenvalue weighted by Crippen LogP contribution is 2.35. The zero-order valence-corrected chi connectivity index (χ0v) is 9.71. The molecule has 0 amide bonds. The van der Waals surface area contributed by atoms with Crippen LogP contribution in [0.5, 0.6) is 0 Å². The number of nitrogens with one attached hydrogen (secondary N) is 1. The van der Waals surface area contributed by atoms with Gasteiger partial charge in [-0.1, -0.05) is 6.07 Å². The molecule has 0 fully saturated rings. The van der Waals surface area contributed by atoms with Gasteiger partial charge in [0.2, 0.25) is 0 Å². The number of benzene rings is 1. The van der Waals surface area contributed by atoms with Gasteiger partial charge in [-0.15, -0.1) is 0 Å². The minimum Gasteiger partial charge on any atom is -0.481 e. The summed E-state index contributed by atoms with van der Waals surface area (Å²) in [6.45, 7) is 5.02. The maximum absolute atomic E-state index is 10.8. The average molecular weight is 219 g/mol. The number of rotatable bonds is 2. The van der Waals surface area contributed by atoms with Crippen LogP contribution in [0.3, 0.4) is 0 Å². The summed E-state index contributed by atoms with van der Waals surface area (Å²) < 4.78 is 0. The number of carboxylic acid groups (broad SMARTS) is 1. The quantitative estimate of drug-likeness (QED) is 0.804. The molecule has 1 aliphatic heterocycles. The van der Waals surface area contributed by atoms with Gasteiger partial charge < -0.3 is 10.4 Å². The average Bonchev–Trinajstić information content (AvgIpc) is 2.20. The lowest BCUT2D eigenvalue weighted by Gasteiger charge is -2.26. The molecule has 1 heterocycles. The first-order valence-corrected chi connectivity index (χ1v) is 5.64. The fraction of sp³-hybridized carbons (Fsp3) is 0.462. The van der Waals surface area contributed by atoms with Gasteiger partial charge in [-0.25, -0.2) is 0 Å². The van der Waals surface area contributed by atoms with Gasteiger partial charge in [0.05, 0.1) is 6.42 Å². The Morgan fingerprint density at radius 2 is 2.12 bits per heavy atom. The molecule has 2 N–H and O–H groups in total. The molecule has 86 valence electrons. The van der Waals surface area contributed by atoms with Crippen LogP contribution in [0, 0.1) is 13.8 Å². The molecule has 0 saturated carbocycles. The maximum Gasteiger partial charge on any atom is 0.303 e. The molecule has 0 spiro atoms. The highest BCUT2D eigenvalue weighted by molar-refractivity contribution is 5.70. The van der Waals surface area contributed by atoms with E-state index in [1.165, 1.54) is 11.1 Å². The number of carboxylic acids is 1. The van der Waals surface area contributed by atoms with Crippen LogP contribution in [0.2, 0.25) is 0 Å². The van der Waals surface area contributed by atoms with Crippen LogP contribution in [0.15, 0.2) is 12.1 Å². The summed E-state index contributed by atoms with van der Waals surface area (Å²) in [6.07, 6.45) is 1.14. The van der Waals surface area contributed by atoms with Gasteiger partial charge in [0.15, 0.2) is 0 Å². The molecule has 1 unspecified atom stereocenters. The van der Waals surface area contributed by atoms with Crippen molar-refractivity contribution in [2.45, 2.75) is 32.6 Å². The van der Waals surface area contributed by atoms with Gasteiger partial charge in [0, 0.05) is 12.2 Å². The van der Waals surface area contributed by atoms with Crippen molar-refractivity contribution < 1.29 is 9.90 Å². The first-order chi connectivity index (χ1) is 7.58. The molecule has 1 aromatic carbocycles. The minimum atomic E-state index is -0.712. The van der Waals surface area contributed by atoms with Crippen LogP contribution < -0.4 is 5.32 Å². The van der Waals surface area contributed by atoms with Crippen LogP contribution in [0.1, 0.15) is 35.4 Å². The lowest BCUT2D eigenvalue weighted by molar-refractivity contribution is -0.137. The summed E-state index contributed by atoms with van der Waals surface area (Å²) in [5.41, 5.74) is 4.76. The number of aliphatic carboxylic acids is 1. The normalized spacial score (nSPS) is 18.8. The van der Waals surface area contributed by atoms with E-state index in [9.17, 15) is 4.79 Å². The molecule has 2 rings (SSSR count). The molecule has 0 radical (unpaired) electrons. The second-order valence-corrected chi connectivity index (χ2v) is 4.53. The Kier molecular flexibility index (Phi) is 2.86. The Balaban J connectivity index is 2.37. The van der Waals surface area contributed by atoms with Gasteiger partial charge in [-0.05, 0) is 48.9 Å². The first kappa shape index (κ1) is 11.0. The number of carbonyl (C=O) groups is 1. The first-order valence-electron chi connectivity index (χ1n) is 5.64. The molecular formula is C13H17NO2. The monoisotopic (exact) mass is 219 g/mol.